The zero-order valence-corrected chi connectivity index (χ0v) is 17.3. The number of hydrogen-bond donors (Lipinski definition) is 1. The third-order valence-corrected chi connectivity index (χ3v) is 5.17. The minimum atomic E-state index is -0.395. The summed E-state index contributed by atoms with van der Waals surface area (Å²) in [5, 5.41) is 3.26. The maximum Gasteiger partial charge on any atom is 0.341 e. The Kier molecular flexibility index (Phi) is 6.14. The average Bonchev–Trinajstić information content (AvgIpc) is 3.14. The summed E-state index contributed by atoms with van der Waals surface area (Å²) in [7, 11) is 4.28. The van der Waals surface area contributed by atoms with Gasteiger partial charge in [-0.25, -0.2) is 14.8 Å². The zero-order chi connectivity index (χ0) is 20.3. The first-order chi connectivity index (χ1) is 13.4. The molecule has 1 aromatic carbocycles. The van der Waals surface area contributed by atoms with Crippen LogP contribution < -0.4 is 10.2 Å². The predicted octanol–water partition coefficient (Wildman–Crippen LogP) is 3.15. The van der Waals surface area contributed by atoms with Crippen molar-refractivity contribution in [2.45, 2.75) is 33.2 Å². The van der Waals surface area contributed by atoms with Crippen molar-refractivity contribution in [3.05, 3.63) is 41.2 Å². The van der Waals surface area contributed by atoms with E-state index in [9.17, 15) is 4.79 Å². The first-order valence-electron chi connectivity index (χ1n) is 9.68. The van der Waals surface area contributed by atoms with Gasteiger partial charge in [0.1, 0.15) is 0 Å². The maximum atomic E-state index is 11.9. The highest BCUT2D eigenvalue weighted by Gasteiger charge is 2.25. The first-order valence-corrected chi connectivity index (χ1v) is 9.68. The van der Waals surface area contributed by atoms with Gasteiger partial charge in [-0.15, -0.1) is 0 Å². The molecule has 7 heteroatoms. The predicted molar refractivity (Wildman–Crippen MR) is 111 cm³/mol. The Morgan fingerprint density at radius 1 is 1.36 bits per heavy atom. The SMILES string of the molecule is CCOC(=O)c1cnc(Nc2ccc(C)c(N3CCC(N(C)C)C3)c2)nc1C. The molecule has 1 saturated heterocycles. The van der Waals surface area contributed by atoms with Gasteiger partial charge < -0.3 is 19.9 Å². The zero-order valence-electron chi connectivity index (χ0n) is 17.3. The minimum Gasteiger partial charge on any atom is -0.462 e. The van der Waals surface area contributed by atoms with Gasteiger partial charge in [0.2, 0.25) is 5.95 Å². The largest absolute Gasteiger partial charge is 0.462 e. The van der Waals surface area contributed by atoms with Crippen molar-refractivity contribution in [3.63, 3.8) is 0 Å². The van der Waals surface area contributed by atoms with E-state index in [1.165, 1.54) is 23.9 Å². The van der Waals surface area contributed by atoms with Gasteiger partial charge in [-0.2, -0.15) is 0 Å². The molecule has 1 aromatic heterocycles. The van der Waals surface area contributed by atoms with Crippen molar-refractivity contribution >= 4 is 23.3 Å². The number of esters is 1. The third kappa shape index (κ3) is 4.42. The van der Waals surface area contributed by atoms with Crippen molar-refractivity contribution < 1.29 is 9.53 Å². The molecule has 7 nitrogen and oxygen atoms in total. The quantitative estimate of drug-likeness (QED) is 0.768. The third-order valence-electron chi connectivity index (χ3n) is 5.17. The molecule has 2 heterocycles. The fourth-order valence-electron chi connectivity index (χ4n) is 3.48. The van der Waals surface area contributed by atoms with E-state index in [0.717, 1.165) is 18.8 Å². The summed E-state index contributed by atoms with van der Waals surface area (Å²) in [6, 6.07) is 6.86. The number of benzene rings is 1. The number of anilines is 3. The standard InChI is InChI=1S/C21H29N5O2/c1-6-28-20(27)18-12-22-21(23-15(18)3)24-16-8-7-14(2)19(11-16)26-10-9-17(13-26)25(4)5/h7-8,11-12,17H,6,9-10,13H2,1-5H3,(H,22,23,24). The monoisotopic (exact) mass is 383 g/mol. The van der Waals surface area contributed by atoms with Crippen LogP contribution in [0.15, 0.2) is 24.4 Å². The summed E-state index contributed by atoms with van der Waals surface area (Å²) >= 11 is 0. The van der Waals surface area contributed by atoms with Crippen LogP contribution in [0.5, 0.6) is 0 Å². The van der Waals surface area contributed by atoms with Crippen LogP contribution >= 0.6 is 0 Å². The van der Waals surface area contributed by atoms with E-state index in [0.29, 0.717) is 29.9 Å². The molecule has 0 bridgehead atoms. The van der Waals surface area contributed by atoms with Gasteiger partial charge in [-0.05, 0) is 59.0 Å². The molecule has 0 aliphatic carbocycles. The number of likely N-dealkylation sites (N-methyl/N-ethyl adjacent to an activating group) is 1. The molecule has 150 valence electrons. The lowest BCUT2D eigenvalue weighted by atomic mass is 10.1. The lowest BCUT2D eigenvalue weighted by Crippen LogP contribution is -2.31. The Labute approximate surface area is 166 Å². The minimum absolute atomic E-state index is 0.329. The highest BCUT2D eigenvalue weighted by Crippen LogP contribution is 2.29. The van der Waals surface area contributed by atoms with Crippen molar-refractivity contribution in [2.75, 3.05) is 44.0 Å². The summed E-state index contributed by atoms with van der Waals surface area (Å²) in [6.45, 7) is 8.11. The van der Waals surface area contributed by atoms with Crippen LogP contribution in [0.25, 0.3) is 0 Å². The van der Waals surface area contributed by atoms with Crippen LogP contribution in [0.3, 0.4) is 0 Å². The molecule has 1 N–H and O–H groups in total. The normalized spacial score (nSPS) is 16.5. The number of carbonyl (C=O) groups excluding carboxylic acids is 1. The lowest BCUT2D eigenvalue weighted by Gasteiger charge is -2.24. The Morgan fingerprint density at radius 3 is 2.79 bits per heavy atom. The van der Waals surface area contributed by atoms with E-state index in [1.807, 2.05) is 6.07 Å². The van der Waals surface area contributed by atoms with Crippen LogP contribution in [0, 0.1) is 13.8 Å². The fraction of sp³-hybridized carbons (Fsp3) is 0.476. The van der Waals surface area contributed by atoms with Gasteiger partial charge in [0.25, 0.3) is 0 Å². The van der Waals surface area contributed by atoms with Gasteiger partial charge in [-0.3, -0.25) is 0 Å². The molecule has 0 radical (unpaired) electrons. The molecule has 1 aliphatic heterocycles. The second-order valence-corrected chi connectivity index (χ2v) is 7.39. The van der Waals surface area contributed by atoms with E-state index in [2.05, 4.69) is 58.2 Å². The van der Waals surface area contributed by atoms with Gasteiger partial charge in [0, 0.05) is 36.7 Å². The molecule has 0 amide bonds. The number of hydrogen-bond acceptors (Lipinski definition) is 7. The maximum absolute atomic E-state index is 11.9. The Bertz CT molecular complexity index is 853. The fourth-order valence-corrected chi connectivity index (χ4v) is 3.48. The van der Waals surface area contributed by atoms with E-state index in [4.69, 9.17) is 4.74 Å². The van der Waals surface area contributed by atoms with Crippen molar-refractivity contribution in [1.29, 1.82) is 0 Å². The average molecular weight is 383 g/mol. The van der Waals surface area contributed by atoms with E-state index in [-0.39, 0.29) is 0 Å². The van der Waals surface area contributed by atoms with Crippen LogP contribution in [-0.4, -0.2) is 60.7 Å². The summed E-state index contributed by atoms with van der Waals surface area (Å²) in [6.07, 6.45) is 2.68. The van der Waals surface area contributed by atoms with Crippen LogP contribution in [0.2, 0.25) is 0 Å². The van der Waals surface area contributed by atoms with Gasteiger partial charge >= 0.3 is 5.97 Å². The molecule has 1 aliphatic rings. The number of aryl methyl sites for hydroxylation is 2. The van der Waals surface area contributed by atoms with Gasteiger partial charge in [0.05, 0.1) is 17.9 Å². The number of nitrogens with zero attached hydrogens (tertiary/aromatic N) is 4. The molecule has 0 saturated carbocycles. The highest BCUT2D eigenvalue weighted by atomic mass is 16.5. The molecule has 2 aromatic rings. The highest BCUT2D eigenvalue weighted by molar-refractivity contribution is 5.90. The van der Waals surface area contributed by atoms with Crippen molar-refractivity contribution in [2.24, 2.45) is 0 Å². The molecule has 28 heavy (non-hydrogen) atoms. The van der Waals surface area contributed by atoms with E-state index < -0.39 is 5.97 Å². The Hall–Kier alpha value is -2.67. The second-order valence-electron chi connectivity index (χ2n) is 7.39. The van der Waals surface area contributed by atoms with Gasteiger partial charge in [0.15, 0.2) is 0 Å². The van der Waals surface area contributed by atoms with Crippen LogP contribution in [0.1, 0.15) is 35.0 Å². The van der Waals surface area contributed by atoms with Crippen LogP contribution in [0.4, 0.5) is 17.3 Å². The molecule has 3 rings (SSSR count). The number of rotatable bonds is 6. The smallest absolute Gasteiger partial charge is 0.341 e. The topological polar surface area (TPSA) is 70.6 Å². The van der Waals surface area contributed by atoms with Crippen molar-refractivity contribution in [1.82, 2.24) is 14.9 Å². The molecule has 1 fully saturated rings. The van der Waals surface area contributed by atoms with E-state index >= 15 is 0 Å². The first kappa shape index (κ1) is 20.1. The number of ether oxygens (including phenoxy) is 1. The number of nitrogens with one attached hydrogen (secondary N) is 1. The number of aromatic nitrogens is 2. The summed E-state index contributed by atoms with van der Waals surface area (Å²) in [5.41, 5.74) is 4.39. The Morgan fingerprint density at radius 2 is 2.14 bits per heavy atom. The molecular formula is C21H29N5O2. The van der Waals surface area contributed by atoms with E-state index in [1.54, 1.807) is 13.8 Å². The lowest BCUT2D eigenvalue weighted by molar-refractivity contribution is 0.0524. The molecule has 1 unspecified atom stereocenters. The molecule has 1 atom stereocenters. The molecular weight excluding hydrogens is 354 g/mol. The van der Waals surface area contributed by atoms with Gasteiger partial charge in [-0.1, -0.05) is 6.07 Å². The second kappa shape index (κ2) is 8.56. The Balaban J connectivity index is 1.77. The van der Waals surface area contributed by atoms with Crippen LogP contribution in [-0.2, 0) is 4.74 Å². The summed E-state index contributed by atoms with van der Waals surface area (Å²) in [5.74, 6) is 0.0709. The number of carbonyl (C=O) groups is 1. The summed E-state index contributed by atoms with van der Waals surface area (Å²) < 4.78 is 5.03. The summed E-state index contributed by atoms with van der Waals surface area (Å²) in [4.78, 5) is 25.3. The molecule has 0 spiro atoms. The van der Waals surface area contributed by atoms with Crippen molar-refractivity contribution in [3.8, 4) is 0 Å².